The van der Waals surface area contributed by atoms with Gasteiger partial charge in [-0.3, -0.25) is 0 Å². The summed E-state index contributed by atoms with van der Waals surface area (Å²) in [4.78, 5) is 0. The largest absolute Gasteiger partial charge is 0.344 e. The van der Waals surface area contributed by atoms with Gasteiger partial charge in [-0.15, -0.1) is 11.3 Å². The smallest absolute Gasteiger partial charge is 0.0496 e. The highest BCUT2D eigenvalue weighted by molar-refractivity contribution is 7.26. The summed E-state index contributed by atoms with van der Waals surface area (Å²) in [6.07, 6.45) is 0. The highest BCUT2D eigenvalue weighted by atomic mass is 32.1. The molecule has 0 saturated heterocycles. The van der Waals surface area contributed by atoms with Gasteiger partial charge in [-0.25, -0.2) is 0 Å². The Kier molecular flexibility index (Phi) is 2.91. The zero-order valence-electron chi connectivity index (χ0n) is 15.1. The van der Waals surface area contributed by atoms with Crippen molar-refractivity contribution in [3.63, 3.8) is 0 Å². The maximum atomic E-state index is 2.41. The molecule has 0 fully saturated rings. The number of hydrogen-bond acceptors (Lipinski definition) is 1. The first kappa shape index (κ1) is 15.0. The molecule has 0 saturated carbocycles. The Morgan fingerprint density at radius 2 is 1.52 bits per heavy atom. The first-order valence-corrected chi connectivity index (χ1v) is 9.60. The highest BCUT2D eigenvalue weighted by Gasteiger charge is 2.18. The molecule has 0 unspecified atom stereocenters. The fourth-order valence-electron chi connectivity index (χ4n) is 3.98. The third-order valence-corrected chi connectivity index (χ3v) is 6.51. The van der Waals surface area contributed by atoms with E-state index < -0.39 is 0 Å². The van der Waals surface area contributed by atoms with E-state index in [4.69, 9.17) is 0 Å². The minimum atomic E-state index is 0.154. The lowest BCUT2D eigenvalue weighted by molar-refractivity contribution is 0.591. The number of benzene rings is 3. The normalized spacial score (nSPS) is 12.8. The summed E-state index contributed by atoms with van der Waals surface area (Å²) in [5.41, 5.74) is 4.17. The highest BCUT2D eigenvalue weighted by Crippen LogP contribution is 2.42. The van der Waals surface area contributed by atoms with Crippen molar-refractivity contribution in [3.8, 4) is 0 Å². The van der Waals surface area contributed by atoms with Crippen LogP contribution in [0.25, 0.3) is 42.0 Å². The predicted molar refractivity (Wildman–Crippen MR) is 112 cm³/mol. The van der Waals surface area contributed by atoms with Crippen LogP contribution in [0.2, 0.25) is 0 Å². The van der Waals surface area contributed by atoms with Crippen molar-refractivity contribution in [2.45, 2.75) is 26.2 Å². The fraction of sp³-hybridized carbons (Fsp3) is 0.217. The Morgan fingerprint density at radius 1 is 0.760 bits per heavy atom. The molecule has 0 radical (unpaired) electrons. The van der Waals surface area contributed by atoms with Crippen LogP contribution in [0.15, 0.2) is 54.6 Å². The summed E-state index contributed by atoms with van der Waals surface area (Å²) in [7, 11) is 2.18. The second kappa shape index (κ2) is 4.86. The first-order valence-electron chi connectivity index (χ1n) is 8.78. The van der Waals surface area contributed by atoms with Gasteiger partial charge in [-0.05, 0) is 41.3 Å². The van der Waals surface area contributed by atoms with E-state index in [9.17, 15) is 0 Å². The molecule has 0 amide bonds. The molecule has 0 aliphatic rings. The Bertz CT molecular complexity index is 1280. The number of fused-ring (bicyclic) bond motifs is 7. The van der Waals surface area contributed by atoms with Gasteiger partial charge in [0.2, 0.25) is 0 Å². The van der Waals surface area contributed by atoms with Crippen LogP contribution in [0, 0.1) is 0 Å². The standard InChI is InChI=1S/C23H21NS/c1-23(2,3)14-9-10-17-16(13-14)21-18(24(17)4)11-12-20-22(21)15-7-5-6-8-19(15)25-20/h5-13H,1-4H3. The van der Waals surface area contributed by atoms with Crippen LogP contribution < -0.4 is 0 Å². The van der Waals surface area contributed by atoms with Crippen LogP contribution in [-0.4, -0.2) is 4.57 Å². The summed E-state index contributed by atoms with van der Waals surface area (Å²) in [5.74, 6) is 0. The quantitative estimate of drug-likeness (QED) is 0.285. The average molecular weight is 343 g/mol. The van der Waals surface area contributed by atoms with E-state index in [1.807, 2.05) is 11.3 Å². The van der Waals surface area contributed by atoms with Crippen molar-refractivity contribution in [1.29, 1.82) is 0 Å². The van der Waals surface area contributed by atoms with Crippen LogP contribution in [-0.2, 0) is 12.5 Å². The number of nitrogens with zero attached hydrogens (tertiary/aromatic N) is 1. The van der Waals surface area contributed by atoms with Crippen molar-refractivity contribution < 1.29 is 0 Å². The number of hydrogen-bond donors (Lipinski definition) is 0. The summed E-state index contributed by atoms with van der Waals surface area (Å²) in [5, 5.41) is 5.56. The van der Waals surface area contributed by atoms with Gasteiger partial charge in [-0.2, -0.15) is 0 Å². The molecule has 0 aliphatic carbocycles. The Balaban J connectivity index is 2.07. The van der Waals surface area contributed by atoms with Gasteiger partial charge in [0.15, 0.2) is 0 Å². The number of thiophene rings is 1. The Morgan fingerprint density at radius 3 is 2.32 bits per heavy atom. The van der Waals surface area contributed by atoms with Gasteiger partial charge >= 0.3 is 0 Å². The number of aromatic nitrogens is 1. The van der Waals surface area contributed by atoms with Crippen LogP contribution in [0.4, 0.5) is 0 Å². The topological polar surface area (TPSA) is 4.93 Å². The minimum Gasteiger partial charge on any atom is -0.344 e. The average Bonchev–Trinajstić information content (AvgIpc) is 3.10. The summed E-state index contributed by atoms with van der Waals surface area (Å²) in [6.45, 7) is 6.86. The van der Waals surface area contributed by atoms with Crippen LogP contribution in [0.3, 0.4) is 0 Å². The van der Waals surface area contributed by atoms with E-state index in [1.165, 1.54) is 47.5 Å². The third-order valence-electron chi connectivity index (χ3n) is 5.38. The van der Waals surface area contributed by atoms with Crippen LogP contribution in [0.5, 0.6) is 0 Å². The summed E-state index contributed by atoms with van der Waals surface area (Å²) in [6, 6.07) is 20.3. The predicted octanol–water partition coefficient (Wildman–Crippen LogP) is 7.00. The molecule has 0 aliphatic heterocycles. The van der Waals surface area contributed by atoms with Crippen LogP contribution >= 0.6 is 11.3 Å². The second-order valence-electron chi connectivity index (χ2n) is 7.97. The molecule has 0 atom stereocenters. The Hall–Kier alpha value is -2.32. The molecule has 25 heavy (non-hydrogen) atoms. The van der Waals surface area contributed by atoms with E-state index in [0.717, 1.165) is 0 Å². The van der Waals surface area contributed by atoms with E-state index in [1.54, 1.807) is 0 Å². The second-order valence-corrected chi connectivity index (χ2v) is 9.06. The molecular formula is C23H21NS. The third kappa shape index (κ3) is 2.01. The lowest BCUT2D eigenvalue weighted by Gasteiger charge is -2.19. The number of rotatable bonds is 0. The van der Waals surface area contributed by atoms with E-state index in [-0.39, 0.29) is 5.41 Å². The molecule has 1 nitrogen and oxygen atoms in total. The minimum absolute atomic E-state index is 0.154. The van der Waals surface area contributed by atoms with Crippen molar-refractivity contribution in [2.75, 3.05) is 0 Å². The molecule has 2 heteroatoms. The van der Waals surface area contributed by atoms with Crippen molar-refractivity contribution >= 4 is 53.3 Å². The van der Waals surface area contributed by atoms with Crippen molar-refractivity contribution in [1.82, 2.24) is 4.57 Å². The van der Waals surface area contributed by atoms with Crippen LogP contribution in [0.1, 0.15) is 26.3 Å². The molecule has 0 bridgehead atoms. The van der Waals surface area contributed by atoms with Gasteiger partial charge in [0.1, 0.15) is 0 Å². The molecular weight excluding hydrogens is 322 g/mol. The monoisotopic (exact) mass is 343 g/mol. The molecule has 2 aromatic heterocycles. The van der Waals surface area contributed by atoms with Crippen molar-refractivity contribution in [3.05, 3.63) is 60.2 Å². The fourth-order valence-corrected chi connectivity index (χ4v) is 5.10. The molecule has 5 rings (SSSR count). The van der Waals surface area contributed by atoms with Gasteiger partial charge in [0.25, 0.3) is 0 Å². The molecule has 3 aromatic carbocycles. The lowest BCUT2D eigenvalue weighted by atomic mass is 9.86. The van der Waals surface area contributed by atoms with Crippen molar-refractivity contribution in [2.24, 2.45) is 7.05 Å². The molecule has 0 spiro atoms. The lowest BCUT2D eigenvalue weighted by Crippen LogP contribution is -2.10. The molecule has 2 heterocycles. The zero-order valence-corrected chi connectivity index (χ0v) is 15.9. The van der Waals surface area contributed by atoms with Gasteiger partial charge in [-0.1, -0.05) is 45.0 Å². The zero-order chi connectivity index (χ0) is 17.3. The first-order chi connectivity index (χ1) is 11.9. The molecule has 0 N–H and O–H groups in total. The van der Waals surface area contributed by atoms with Gasteiger partial charge in [0, 0.05) is 49.0 Å². The maximum absolute atomic E-state index is 2.41. The van der Waals surface area contributed by atoms with E-state index in [2.05, 4.69) is 87.0 Å². The summed E-state index contributed by atoms with van der Waals surface area (Å²) < 4.78 is 5.08. The maximum Gasteiger partial charge on any atom is 0.0496 e. The van der Waals surface area contributed by atoms with E-state index >= 15 is 0 Å². The molecule has 5 aromatic rings. The van der Waals surface area contributed by atoms with Gasteiger partial charge < -0.3 is 4.57 Å². The summed E-state index contributed by atoms with van der Waals surface area (Å²) >= 11 is 1.89. The SMILES string of the molecule is Cn1c2ccc(C(C)(C)C)cc2c2c3c(ccc21)sc1ccccc13. The molecule has 124 valence electrons. The van der Waals surface area contributed by atoms with Gasteiger partial charge in [0.05, 0.1) is 0 Å². The Labute approximate surface area is 151 Å². The van der Waals surface area contributed by atoms with E-state index in [0.29, 0.717) is 0 Å². The number of aryl methyl sites for hydroxylation is 1.